The number of ether oxygens (including phenoxy) is 1. The topological polar surface area (TPSA) is 56.8 Å². The van der Waals surface area contributed by atoms with E-state index >= 15 is 0 Å². The zero-order chi connectivity index (χ0) is 20.2. The Morgan fingerprint density at radius 2 is 1.83 bits per heavy atom. The van der Waals surface area contributed by atoms with Crippen LogP contribution in [-0.2, 0) is 4.79 Å². The van der Waals surface area contributed by atoms with E-state index in [2.05, 4.69) is 21.8 Å². The number of carbonyl (C=O) groups is 1. The highest BCUT2D eigenvalue weighted by atomic mass is 35.5. The zero-order valence-electron chi connectivity index (χ0n) is 16.6. The molecule has 7 heteroatoms. The number of anilines is 1. The first kappa shape index (κ1) is 20.0. The van der Waals surface area contributed by atoms with Crippen molar-refractivity contribution in [2.45, 2.75) is 13.0 Å². The van der Waals surface area contributed by atoms with Gasteiger partial charge in [-0.15, -0.1) is 0 Å². The molecule has 4 rings (SSSR count). The summed E-state index contributed by atoms with van der Waals surface area (Å²) in [5.41, 5.74) is 8.58. The molecular weight excluding hydrogens is 388 g/mol. The van der Waals surface area contributed by atoms with Gasteiger partial charge in [0.05, 0.1) is 24.3 Å². The Hall–Kier alpha value is -2.28. The number of hydrogen-bond acceptors (Lipinski definition) is 5. The molecule has 154 valence electrons. The Labute approximate surface area is 176 Å². The Kier molecular flexibility index (Phi) is 6.23. The number of piperazine rings is 1. The Morgan fingerprint density at radius 1 is 1.10 bits per heavy atom. The van der Waals surface area contributed by atoms with Crippen LogP contribution in [0.3, 0.4) is 0 Å². The third kappa shape index (κ3) is 4.34. The summed E-state index contributed by atoms with van der Waals surface area (Å²) in [6, 6.07) is 15.8. The molecule has 0 saturated carbocycles. The second kappa shape index (κ2) is 9.03. The Morgan fingerprint density at radius 3 is 2.55 bits per heavy atom. The molecule has 2 heterocycles. The number of para-hydroxylation sites is 2. The van der Waals surface area contributed by atoms with Crippen LogP contribution in [0.25, 0.3) is 0 Å². The molecule has 29 heavy (non-hydrogen) atoms. The summed E-state index contributed by atoms with van der Waals surface area (Å²) in [7, 11) is 0. The minimum atomic E-state index is -0.126. The highest BCUT2D eigenvalue weighted by molar-refractivity contribution is 6.30. The highest BCUT2D eigenvalue weighted by Crippen LogP contribution is 2.31. The first-order chi connectivity index (χ1) is 14.2. The summed E-state index contributed by atoms with van der Waals surface area (Å²) in [5.74, 6) is 0.973. The number of nitrogens with zero attached hydrogens (tertiary/aromatic N) is 2. The van der Waals surface area contributed by atoms with Crippen LogP contribution in [0, 0.1) is 5.92 Å². The number of hydrazine groups is 1. The summed E-state index contributed by atoms with van der Waals surface area (Å²) >= 11 is 6.01. The van der Waals surface area contributed by atoms with Gasteiger partial charge in [0.15, 0.2) is 0 Å². The van der Waals surface area contributed by atoms with Crippen LogP contribution in [0.5, 0.6) is 5.75 Å². The van der Waals surface area contributed by atoms with Gasteiger partial charge in [0.1, 0.15) is 5.75 Å². The molecule has 2 N–H and O–H groups in total. The van der Waals surface area contributed by atoms with Gasteiger partial charge in [-0.1, -0.05) is 35.9 Å². The number of amides is 1. The highest BCUT2D eigenvalue weighted by Gasteiger charge is 2.37. The van der Waals surface area contributed by atoms with Crippen molar-refractivity contribution in [3.8, 4) is 5.75 Å². The molecule has 0 aliphatic carbocycles. The lowest BCUT2D eigenvalue weighted by Crippen LogP contribution is -2.51. The third-order valence-electron chi connectivity index (χ3n) is 5.63. The first-order valence-electron chi connectivity index (χ1n) is 10.2. The Bertz CT molecular complexity index is 837. The summed E-state index contributed by atoms with van der Waals surface area (Å²) < 4.78 is 5.77. The molecule has 2 fully saturated rings. The molecule has 1 amide bonds. The van der Waals surface area contributed by atoms with Crippen molar-refractivity contribution < 1.29 is 9.53 Å². The average molecular weight is 415 g/mol. The fraction of sp³-hybridized carbons (Fsp3) is 0.409. The summed E-state index contributed by atoms with van der Waals surface area (Å²) in [6.45, 7) is 6.28. The molecular formula is C22H27ClN4O2. The molecule has 0 aromatic heterocycles. The maximum Gasteiger partial charge on any atom is 0.229 e. The lowest BCUT2D eigenvalue weighted by molar-refractivity contribution is -0.135. The average Bonchev–Trinajstić information content (AvgIpc) is 3.24. The molecule has 2 saturated heterocycles. The van der Waals surface area contributed by atoms with Gasteiger partial charge in [-0.3, -0.25) is 10.2 Å². The normalized spacial score (nSPS) is 22.0. The van der Waals surface area contributed by atoms with Crippen LogP contribution < -0.4 is 20.5 Å². The van der Waals surface area contributed by atoms with Gasteiger partial charge in [-0.25, -0.2) is 5.43 Å². The molecule has 2 aliphatic rings. The van der Waals surface area contributed by atoms with Gasteiger partial charge in [0.2, 0.25) is 5.91 Å². The number of rotatable bonds is 5. The van der Waals surface area contributed by atoms with E-state index in [1.165, 1.54) is 0 Å². The molecule has 2 atom stereocenters. The van der Waals surface area contributed by atoms with Crippen molar-refractivity contribution in [1.82, 2.24) is 15.8 Å². The number of benzene rings is 2. The number of halogens is 1. The second-order valence-electron chi connectivity index (χ2n) is 7.37. The lowest BCUT2D eigenvalue weighted by atomic mass is 9.93. The van der Waals surface area contributed by atoms with E-state index in [9.17, 15) is 4.79 Å². The molecule has 0 radical (unpaired) electrons. The van der Waals surface area contributed by atoms with E-state index in [1.807, 2.05) is 54.3 Å². The standard InChI is InChI=1S/C22H27ClN4O2/c1-2-29-20-6-4-3-5-19(20)26-11-13-27(14-12-26)22(28)18-15-24-25-21(18)16-7-9-17(23)10-8-16/h3-10,18,21,24-25H,2,11-15H2,1H3. The summed E-state index contributed by atoms with van der Waals surface area (Å²) in [5, 5.41) is 0.700. The SMILES string of the molecule is CCOc1ccccc1N1CCN(C(=O)C2CNNC2c2ccc(Cl)cc2)CC1. The number of nitrogens with one attached hydrogen (secondary N) is 2. The summed E-state index contributed by atoms with van der Waals surface area (Å²) in [4.78, 5) is 17.5. The largest absolute Gasteiger partial charge is 0.492 e. The van der Waals surface area contributed by atoms with Gasteiger partial charge in [-0.2, -0.15) is 0 Å². The number of carbonyl (C=O) groups excluding carboxylic acids is 1. The van der Waals surface area contributed by atoms with Crippen LogP contribution in [0.2, 0.25) is 5.02 Å². The second-order valence-corrected chi connectivity index (χ2v) is 7.81. The van der Waals surface area contributed by atoms with Gasteiger partial charge in [-0.05, 0) is 36.8 Å². The van der Waals surface area contributed by atoms with Crippen molar-refractivity contribution in [2.24, 2.45) is 5.92 Å². The van der Waals surface area contributed by atoms with E-state index in [0.717, 1.165) is 30.1 Å². The van der Waals surface area contributed by atoms with Crippen molar-refractivity contribution in [3.63, 3.8) is 0 Å². The van der Waals surface area contributed by atoms with E-state index in [1.54, 1.807) is 0 Å². The van der Waals surface area contributed by atoms with Crippen molar-refractivity contribution >= 4 is 23.2 Å². The van der Waals surface area contributed by atoms with Gasteiger partial charge < -0.3 is 14.5 Å². The monoisotopic (exact) mass is 414 g/mol. The fourth-order valence-corrected chi connectivity index (χ4v) is 4.24. The van der Waals surface area contributed by atoms with E-state index in [0.29, 0.717) is 31.3 Å². The van der Waals surface area contributed by atoms with Crippen molar-refractivity contribution in [2.75, 3.05) is 44.2 Å². The molecule has 2 aromatic rings. The predicted octanol–water partition coefficient (Wildman–Crippen LogP) is 2.85. The molecule has 2 unspecified atom stereocenters. The van der Waals surface area contributed by atoms with Crippen LogP contribution in [0.15, 0.2) is 48.5 Å². The van der Waals surface area contributed by atoms with Crippen molar-refractivity contribution in [3.05, 3.63) is 59.1 Å². The molecule has 2 aromatic carbocycles. The molecule has 0 bridgehead atoms. The van der Waals surface area contributed by atoms with Gasteiger partial charge in [0.25, 0.3) is 0 Å². The maximum atomic E-state index is 13.2. The van der Waals surface area contributed by atoms with Gasteiger partial charge in [0, 0.05) is 37.7 Å². The van der Waals surface area contributed by atoms with Crippen LogP contribution >= 0.6 is 11.6 Å². The quantitative estimate of drug-likeness (QED) is 0.787. The minimum Gasteiger partial charge on any atom is -0.492 e. The first-order valence-corrected chi connectivity index (χ1v) is 10.5. The molecule has 0 spiro atoms. The van der Waals surface area contributed by atoms with Crippen LogP contribution in [0.1, 0.15) is 18.5 Å². The fourth-order valence-electron chi connectivity index (χ4n) is 4.11. The minimum absolute atomic E-state index is 0.0449. The number of hydrogen-bond donors (Lipinski definition) is 2. The maximum absolute atomic E-state index is 13.2. The van der Waals surface area contributed by atoms with Crippen LogP contribution in [0.4, 0.5) is 5.69 Å². The molecule has 6 nitrogen and oxygen atoms in total. The van der Waals surface area contributed by atoms with Crippen molar-refractivity contribution in [1.29, 1.82) is 0 Å². The van der Waals surface area contributed by atoms with E-state index in [4.69, 9.17) is 16.3 Å². The van der Waals surface area contributed by atoms with E-state index < -0.39 is 0 Å². The summed E-state index contributed by atoms with van der Waals surface area (Å²) in [6.07, 6.45) is 0. The van der Waals surface area contributed by atoms with E-state index in [-0.39, 0.29) is 17.9 Å². The smallest absolute Gasteiger partial charge is 0.229 e. The van der Waals surface area contributed by atoms with Crippen LogP contribution in [-0.4, -0.2) is 50.1 Å². The third-order valence-corrected chi connectivity index (χ3v) is 5.88. The lowest BCUT2D eigenvalue weighted by Gasteiger charge is -2.38. The zero-order valence-corrected chi connectivity index (χ0v) is 17.4. The molecule has 2 aliphatic heterocycles. The van der Waals surface area contributed by atoms with Gasteiger partial charge >= 0.3 is 0 Å². The Balaban J connectivity index is 1.41. The predicted molar refractivity (Wildman–Crippen MR) is 115 cm³/mol.